The van der Waals surface area contributed by atoms with Gasteiger partial charge in [0.2, 0.25) is 5.91 Å². The van der Waals surface area contributed by atoms with Crippen molar-refractivity contribution in [3.63, 3.8) is 0 Å². The van der Waals surface area contributed by atoms with Gasteiger partial charge in [-0.2, -0.15) is 4.98 Å². The summed E-state index contributed by atoms with van der Waals surface area (Å²) >= 11 is 0. The molecule has 300 valence electrons. The van der Waals surface area contributed by atoms with E-state index in [1.807, 2.05) is 18.0 Å². The van der Waals surface area contributed by atoms with Crippen LogP contribution in [0.25, 0.3) is 0 Å². The van der Waals surface area contributed by atoms with Gasteiger partial charge in [-0.3, -0.25) is 13.9 Å². The highest BCUT2D eigenvalue weighted by atomic mass is 31.2. The van der Waals surface area contributed by atoms with E-state index < -0.39 is 14.0 Å². The van der Waals surface area contributed by atoms with Gasteiger partial charge in [-0.05, 0) is 90.0 Å². The molecular weight excluding hydrogens is 713 g/mol. The first-order chi connectivity index (χ1) is 26.8. The predicted molar refractivity (Wildman–Crippen MR) is 223 cm³/mol. The second kappa shape index (κ2) is 27.5. The second-order valence-corrected chi connectivity index (χ2v) is 15.0. The molecule has 2 heterocycles. The first-order valence-electron chi connectivity index (χ1n) is 19.6. The van der Waals surface area contributed by atoms with Crippen molar-refractivity contribution >= 4 is 13.7 Å². The van der Waals surface area contributed by atoms with Crippen LogP contribution in [0.1, 0.15) is 83.1 Å². The number of amides is 1. The van der Waals surface area contributed by atoms with Crippen molar-refractivity contribution in [1.29, 1.82) is 0 Å². The molecule has 3 atom stereocenters. The van der Waals surface area contributed by atoms with E-state index >= 15 is 0 Å². The van der Waals surface area contributed by atoms with Gasteiger partial charge >= 0.3 is 13.4 Å². The number of hydrogen-bond donors (Lipinski definition) is 2. The van der Waals surface area contributed by atoms with Crippen LogP contribution in [-0.2, 0) is 18.6 Å². The number of aryl methyl sites for hydroxylation is 1. The third-order valence-corrected chi connectivity index (χ3v) is 10.1. The first-order valence-corrected chi connectivity index (χ1v) is 21.1. The highest BCUT2D eigenvalue weighted by molar-refractivity contribution is 7.52. The summed E-state index contributed by atoms with van der Waals surface area (Å²) in [5.74, 6) is 0.432. The zero-order valence-corrected chi connectivity index (χ0v) is 33.9. The minimum atomic E-state index is -3.76. The topological polar surface area (TPSA) is 124 Å². The van der Waals surface area contributed by atoms with Gasteiger partial charge in [0.25, 0.3) is 0 Å². The molecule has 1 fully saturated rings. The maximum absolute atomic E-state index is 13.8. The molecule has 0 aliphatic carbocycles. The number of hydrogen-bond acceptors (Lipinski definition) is 8. The molecule has 3 rings (SSSR count). The van der Waals surface area contributed by atoms with Crippen LogP contribution in [0, 0.1) is 6.92 Å². The minimum Gasteiger partial charge on any atom is -0.413 e. The molecule has 1 amide bonds. The van der Waals surface area contributed by atoms with Gasteiger partial charge in [0.05, 0.1) is 12.7 Å². The maximum atomic E-state index is 13.8. The fourth-order valence-corrected chi connectivity index (χ4v) is 6.80. The molecule has 1 saturated heterocycles. The molecule has 12 heteroatoms. The molecule has 0 radical (unpaired) electrons. The largest absolute Gasteiger partial charge is 0.458 e. The van der Waals surface area contributed by atoms with Crippen LogP contribution in [0.5, 0.6) is 5.75 Å². The normalized spacial score (nSPS) is 17.6. The van der Waals surface area contributed by atoms with E-state index in [9.17, 15) is 14.2 Å². The summed E-state index contributed by atoms with van der Waals surface area (Å²) in [6, 6.07) is 10.6. The Morgan fingerprint density at radius 2 is 1.49 bits per heavy atom. The van der Waals surface area contributed by atoms with E-state index in [4.69, 9.17) is 13.8 Å². The number of para-hydroxylation sites is 1. The number of ether oxygens (including phenoxy) is 1. The summed E-state index contributed by atoms with van der Waals surface area (Å²) in [6.07, 6.45) is 35.1. The lowest BCUT2D eigenvalue weighted by Gasteiger charge is -2.23. The number of allylic oxidation sites excluding steroid dienone is 12. The van der Waals surface area contributed by atoms with Crippen LogP contribution in [0.2, 0.25) is 0 Å². The van der Waals surface area contributed by atoms with Crippen molar-refractivity contribution in [1.82, 2.24) is 24.9 Å². The fraction of sp³-hybridized carbons (Fsp3) is 0.465. The maximum Gasteiger partial charge on any atom is 0.458 e. The van der Waals surface area contributed by atoms with Gasteiger partial charge in [0, 0.05) is 44.5 Å². The van der Waals surface area contributed by atoms with E-state index in [0.29, 0.717) is 63.3 Å². The Morgan fingerprint density at radius 1 is 0.891 bits per heavy atom. The second-order valence-electron chi connectivity index (χ2n) is 13.3. The fourth-order valence-electron chi connectivity index (χ4n) is 5.45. The Balaban J connectivity index is 1.26. The van der Waals surface area contributed by atoms with Gasteiger partial charge in [-0.15, -0.1) is 0 Å². The predicted octanol–water partition coefficient (Wildman–Crippen LogP) is 8.55. The van der Waals surface area contributed by atoms with E-state index in [-0.39, 0.29) is 24.3 Å². The molecule has 2 aromatic rings. The van der Waals surface area contributed by atoms with Crippen LogP contribution in [-0.4, -0.2) is 66.3 Å². The smallest absolute Gasteiger partial charge is 0.413 e. The lowest BCUT2D eigenvalue weighted by molar-refractivity contribution is -0.121. The third kappa shape index (κ3) is 20.4. The Hall–Kier alpha value is -4.12. The number of rotatable bonds is 27. The van der Waals surface area contributed by atoms with Crippen LogP contribution >= 0.6 is 7.75 Å². The van der Waals surface area contributed by atoms with Crippen LogP contribution in [0.15, 0.2) is 120 Å². The van der Waals surface area contributed by atoms with Gasteiger partial charge in [0.1, 0.15) is 12.0 Å². The van der Waals surface area contributed by atoms with Crippen molar-refractivity contribution < 1.29 is 23.1 Å². The first kappa shape index (κ1) is 45.3. The molecule has 0 bridgehead atoms. The molecule has 1 aliphatic heterocycles. The van der Waals surface area contributed by atoms with Crippen LogP contribution in [0.4, 0.5) is 0 Å². The molecule has 11 nitrogen and oxygen atoms in total. The number of likely N-dealkylation sites (N-methyl/N-ethyl adjacent to an activating group) is 1. The number of carbonyl (C=O) groups excluding carboxylic acids is 1. The summed E-state index contributed by atoms with van der Waals surface area (Å²) < 4.78 is 33.0. The highest BCUT2D eigenvalue weighted by Gasteiger charge is 2.32. The van der Waals surface area contributed by atoms with Gasteiger partial charge in [0.15, 0.2) is 0 Å². The third-order valence-electron chi connectivity index (χ3n) is 8.51. The molecule has 55 heavy (non-hydrogen) atoms. The zero-order valence-electron chi connectivity index (χ0n) is 33.0. The lowest BCUT2D eigenvalue weighted by atomic mass is 10.2. The minimum absolute atomic E-state index is 0.0140. The molecule has 1 aliphatic rings. The van der Waals surface area contributed by atoms with Gasteiger partial charge in [-0.25, -0.2) is 14.4 Å². The van der Waals surface area contributed by atoms with Crippen molar-refractivity contribution in [3.8, 4) is 5.75 Å². The standard InChI is InChI=1S/C43H62N5O6P/c1-4-5-6-7-8-9-10-11-12-13-14-15-16-17-18-19-20-21-25-28-41(49)44-32-35-47(3)36-33-45-55(51,54-39-26-23-22-24-27-39)52-37-40-29-30-42(53-40)48-34-31-38(2)46-43(48)50/h5-6,8-9,11-12,14-15,17-18,20-24,26-27,31,34,40,42H,4,7,10,13,16,19,25,28-30,32-33,35-37H2,1-3H3,(H,44,49)(H,45,51)/b6-5-,9-8-,12-11-,15-14-,18-17-,21-20-. The summed E-state index contributed by atoms with van der Waals surface area (Å²) in [5.41, 5.74) is 0.281. The Kier molecular flexibility index (Phi) is 22.6. The lowest BCUT2D eigenvalue weighted by Crippen LogP contribution is -2.36. The van der Waals surface area contributed by atoms with Crippen LogP contribution < -0.4 is 20.6 Å². The van der Waals surface area contributed by atoms with Crippen molar-refractivity contribution in [2.45, 2.75) is 90.4 Å². The van der Waals surface area contributed by atoms with Gasteiger partial charge in [-0.1, -0.05) is 98.0 Å². The molecule has 3 unspecified atom stereocenters. The van der Waals surface area contributed by atoms with E-state index in [1.165, 1.54) is 4.57 Å². The van der Waals surface area contributed by atoms with Gasteiger partial charge < -0.3 is 19.5 Å². The van der Waals surface area contributed by atoms with Crippen molar-refractivity contribution in [3.05, 3.63) is 132 Å². The highest BCUT2D eigenvalue weighted by Crippen LogP contribution is 2.45. The number of carbonyl (C=O) groups is 1. The summed E-state index contributed by atoms with van der Waals surface area (Å²) in [5, 5.41) is 5.95. The average molecular weight is 776 g/mol. The summed E-state index contributed by atoms with van der Waals surface area (Å²) in [4.78, 5) is 30.7. The Labute approximate surface area is 328 Å². The number of aromatic nitrogens is 2. The quantitative estimate of drug-likeness (QED) is 0.0679. The number of benzene rings is 1. The SMILES string of the molecule is CC/C=C\C/C=C\C/C=C\C/C=C\C/C=C\C/C=C\CCC(=O)NCCN(C)CCNP(=O)(OCC1CCC(n2ccc(C)nc2=O)O1)Oc1ccccc1. The Bertz CT molecular complexity index is 1670. The van der Waals surface area contributed by atoms with E-state index in [0.717, 1.165) is 38.5 Å². The summed E-state index contributed by atoms with van der Waals surface area (Å²) in [7, 11) is -1.83. The number of nitrogens with one attached hydrogen (secondary N) is 2. The Morgan fingerprint density at radius 3 is 2.11 bits per heavy atom. The molecule has 0 saturated carbocycles. The summed E-state index contributed by atoms with van der Waals surface area (Å²) in [6.45, 7) is 5.95. The van der Waals surface area contributed by atoms with E-state index in [1.54, 1.807) is 43.5 Å². The molecule has 2 N–H and O–H groups in total. The monoisotopic (exact) mass is 775 g/mol. The molecule has 1 aromatic heterocycles. The zero-order chi connectivity index (χ0) is 39.4. The van der Waals surface area contributed by atoms with Crippen molar-refractivity contribution in [2.24, 2.45) is 0 Å². The van der Waals surface area contributed by atoms with E-state index in [2.05, 4.69) is 95.2 Å². The van der Waals surface area contributed by atoms with Crippen molar-refractivity contribution in [2.75, 3.05) is 39.8 Å². The molecular formula is C43H62N5O6P. The molecule has 0 spiro atoms. The average Bonchev–Trinajstić information content (AvgIpc) is 3.64. The molecule has 1 aromatic carbocycles. The van der Waals surface area contributed by atoms with Crippen LogP contribution in [0.3, 0.4) is 0 Å². The number of nitrogens with zero attached hydrogens (tertiary/aromatic N) is 3.